The molecule has 8 heteroatoms. The second-order valence-corrected chi connectivity index (χ2v) is 7.23. The van der Waals surface area contributed by atoms with E-state index in [4.69, 9.17) is 9.15 Å². The first-order valence-electron chi connectivity index (χ1n) is 9.92. The van der Waals surface area contributed by atoms with Gasteiger partial charge in [0, 0.05) is 24.1 Å². The molecule has 2 aromatic carbocycles. The fourth-order valence-electron chi connectivity index (χ4n) is 3.62. The number of allylic oxidation sites excluding steroid dienone is 1. The molecule has 3 aromatic rings. The van der Waals surface area contributed by atoms with Gasteiger partial charge in [0.15, 0.2) is 0 Å². The number of nitro benzene ring substituents is 1. The molecule has 0 radical (unpaired) electrons. The van der Waals surface area contributed by atoms with Crippen molar-refractivity contribution in [2.75, 3.05) is 0 Å². The topological polar surface area (TPSA) is 116 Å². The second-order valence-electron chi connectivity index (χ2n) is 7.23. The van der Waals surface area contributed by atoms with E-state index in [1.807, 2.05) is 6.07 Å². The van der Waals surface area contributed by atoms with Crippen LogP contribution in [0.25, 0.3) is 11.5 Å². The Kier molecular flexibility index (Phi) is 5.79. The van der Waals surface area contributed by atoms with Crippen molar-refractivity contribution in [1.82, 2.24) is 4.98 Å². The zero-order valence-corrected chi connectivity index (χ0v) is 16.6. The molecule has 158 valence electrons. The van der Waals surface area contributed by atoms with E-state index in [0.717, 1.165) is 31.2 Å². The summed E-state index contributed by atoms with van der Waals surface area (Å²) in [6.07, 6.45) is 7.03. The highest BCUT2D eigenvalue weighted by Gasteiger charge is 2.18. The fourth-order valence-corrected chi connectivity index (χ4v) is 3.62. The molecule has 0 spiro atoms. The lowest BCUT2D eigenvalue weighted by molar-refractivity contribution is -0.384. The number of carboxylic acids is 1. The summed E-state index contributed by atoms with van der Waals surface area (Å²) in [5.74, 6) is -0.556. The zero-order valence-electron chi connectivity index (χ0n) is 16.6. The third-order valence-electron chi connectivity index (χ3n) is 5.14. The molecule has 0 saturated carbocycles. The molecule has 0 atom stereocenters. The third kappa shape index (κ3) is 4.63. The Morgan fingerprint density at radius 3 is 2.84 bits per heavy atom. The summed E-state index contributed by atoms with van der Waals surface area (Å²) in [7, 11) is 0. The van der Waals surface area contributed by atoms with Crippen LogP contribution in [0.4, 0.5) is 5.69 Å². The van der Waals surface area contributed by atoms with Crippen LogP contribution in [0.2, 0.25) is 0 Å². The minimum Gasteiger partial charge on any atom is -0.475 e. The lowest BCUT2D eigenvalue weighted by Gasteiger charge is -2.19. The number of benzene rings is 2. The van der Waals surface area contributed by atoms with E-state index in [1.165, 1.54) is 30.0 Å². The Balaban J connectivity index is 1.52. The van der Waals surface area contributed by atoms with Crippen LogP contribution in [0.1, 0.15) is 29.7 Å². The molecule has 0 unspecified atom stereocenters. The summed E-state index contributed by atoms with van der Waals surface area (Å²) in [5, 5.41) is 20.5. The molecule has 1 aliphatic rings. The minimum absolute atomic E-state index is 0.0649. The van der Waals surface area contributed by atoms with Gasteiger partial charge in [0.2, 0.25) is 11.6 Å². The monoisotopic (exact) mass is 420 g/mol. The maximum absolute atomic E-state index is 11.7. The van der Waals surface area contributed by atoms with Crippen LogP contribution in [0, 0.1) is 10.1 Å². The number of carboxylic acid groups (broad SMARTS) is 1. The number of rotatable bonds is 7. The first-order chi connectivity index (χ1) is 15.0. The van der Waals surface area contributed by atoms with E-state index < -0.39 is 10.9 Å². The number of hydrogen-bond acceptors (Lipinski definition) is 6. The molecule has 0 saturated heterocycles. The number of nitro groups is 1. The van der Waals surface area contributed by atoms with Gasteiger partial charge in [-0.3, -0.25) is 10.1 Å². The van der Waals surface area contributed by atoms with Crippen LogP contribution in [0.15, 0.2) is 65.0 Å². The summed E-state index contributed by atoms with van der Waals surface area (Å²) >= 11 is 0. The molecule has 4 rings (SSSR count). The fraction of sp³-hybridized carbons (Fsp3) is 0.217. The summed E-state index contributed by atoms with van der Waals surface area (Å²) < 4.78 is 11.2. The predicted molar refractivity (Wildman–Crippen MR) is 112 cm³/mol. The van der Waals surface area contributed by atoms with Crippen molar-refractivity contribution < 1.29 is 24.0 Å². The largest absolute Gasteiger partial charge is 0.475 e. The lowest BCUT2D eigenvalue weighted by atomic mass is 9.91. The molecular formula is C23H20N2O6. The smallest absolute Gasteiger partial charge is 0.371 e. The summed E-state index contributed by atoms with van der Waals surface area (Å²) in [6, 6.07) is 11.7. The Bertz CT molecular complexity index is 1160. The van der Waals surface area contributed by atoms with Crippen LogP contribution < -0.4 is 4.74 Å². The first kappa shape index (κ1) is 20.3. The van der Waals surface area contributed by atoms with E-state index in [9.17, 15) is 20.0 Å². The van der Waals surface area contributed by atoms with Crippen LogP contribution in [-0.2, 0) is 24.1 Å². The van der Waals surface area contributed by atoms with E-state index >= 15 is 0 Å². The van der Waals surface area contributed by atoms with Gasteiger partial charge in [0.25, 0.3) is 5.69 Å². The molecule has 0 amide bonds. The normalized spacial score (nSPS) is 13.5. The van der Waals surface area contributed by atoms with Gasteiger partial charge >= 0.3 is 5.97 Å². The SMILES string of the molecule is O=C(O)C(=CCc1coc(-c2cccc([N+](=O)[O-])c2)n1)Oc1cccc2c1CCCC2. The quantitative estimate of drug-likeness (QED) is 0.254. The van der Waals surface area contributed by atoms with Gasteiger partial charge < -0.3 is 14.3 Å². The number of carbonyl (C=O) groups is 1. The van der Waals surface area contributed by atoms with Crippen molar-refractivity contribution >= 4 is 11.7 Å². The molecule has 0 fully saturated rings. The maximum atomic E-state index is 11.7. The number of non-ortho nitro benzene ring substituents is 1. The van der Waals surface area contributed by atoms with Crippen LogP contribution >= 0.6 is 0 Å². The average molecular weight is 420 g/mol. The number of oxazole rings is 1. The summed E-state index contributed by atoms with van der Waals surface area (Å²) in [6.45, 7) is 0. The zero-order chi connectivity index (χ0) is 21.8. The Hall–Kier alpha value is -3.94. The lowest BCUT2D eigenvalue weighted by Crippen LogP contribution is -2.11. The molecular weight excluding hydrogens is 400 g/mol. The number of nitrogens with zero attached hydrogens (tertiary/aromatic N) is 2. The Morgan fingerprint density at radius 1 is 1.23 bits per heavy atom. The molecule has 31 heavy (non-hydrogen) atoms. The van der Waals surface area contributed by atoms with Crippen LogP contribution in [0.3, 0.4) is 0 Å². The molecule has 0 aliphatic heterocycles. The molecule has 1 N–H and O–H groups in total. The number of hydrogen-bond donors (Lipinski definition) is 1. The molecule has 1 aliphatic carbocycles. The molecule has 0 bridgehead atoms. The highest BCUT2D eigenvalue weighted by molar-refractivity contribution is 5.85. The second kappa shape index (κ2) is 8.83. The van der Waals surface area contributed by atoms with Crippen molar-refractivity contribution in [2.45, 2.75) is 32.1 Å². The number of aromatic nitrogens is 1. The van der Waals surface area contributed by atoms with Gasteiger partial charge in [-0.25, -0.2) is 9.78 Å². The summed E-state index contributed by atoms with van der Waals surface area (Å²) in [4.78, 5) is 26.5. The van der Waals surface area contributed by atoms with Gasteiger partial charge in [-0.05, 0) is 55.0 Å². The standard InChI is InChI=1S/C23H20N2O6/c26-23(27)21(31-20-10-4-6-15-5-1-2-9-19(15)20)12-11-17-14-30-22(24-17)16-7-3-8-18(13-16)25(28)29/h3-4,6-8,10,12-14H,1-2,5,9,11H2,(H,26,27). The van der Waals surface area contributed by atoms with Crippen LogP contribution in [-0.4, -0.2) is 21.0 Å². The van der Waals surface area contributed by atoms with E-state index in [2.05, 4.69) is 11.1 Å². The third-order valence-corrected chi connectivity index (χ3v) is 5.14. The Morgan fingerprint density at radius 2 is 2.03 bits per heavy atom. The van der Waals surface area contributed by atoms with Gasteiger partial charge in [0.1, 0.15) is 12.0 Å². The Labute approximate surface area is 178 Å². The van der Waals surface area contributed by atoms with Crippen molar-refractivity contribution in [3.8, 4) is 17.2 Å². The van der Waals surface area contributed by atoms with E-state index in [0.29, 0.717) is 17.0 Å². The minimum atomic E-state index is -1.17. The van der Waals surface area contributed by atoms with Crippen molar-refractivity contribution in [2.24, 2.45) is 0 Å². The van der Waals surface area contributed by atoms with Crippen molar-refractivity contribution in [3.05, 3.63) is 87.5 Å². The average Bonchev–Trinajstić information content (AvgIpc) is 3.25. The highest BCUT2D eigenvalue weighted by atomic mass is 16.6. The van der Waals surface area contributed by atoms with Crippen molar-refractivity contribution in [1.29, 1.82) is 0 Å². The first-order valence-corrected chi connectivity index (χ1v) is 9.92. The van der Waals surface area contributed by atoms with Crippen molar-refractivity contribution in [3.63, 3.8) is 0 Å². The van der Waals surface area contributed by atoms with Gasteiger partial charge in [-0.1, -0.05) is 18.2 Å². The number of aryl methyl sites for hydroxylation is 1. The number of ether oxygens (including phenoxy) is 1. The molecule has 1 heterocycles. The van der Waals surface area contributed by atoms with Gasteiger partial charge in [-0.15, -0.1) is 0 Å². The highest BCUT2D eigenvalue weighted by Crippen LogP contribution is 2.31. The molecule has 8 nitrogen and oxygen atoms in total. The predicted octanol–water partition coefficient (Wildman–Crippen LogP) is 4.72. The molecule has 1 aromatic heterocycles. The number of fused-ring (bicyclic) bond motifs is 1. The summed E-state index contributed by atoms with van der Waals surface area (Å²) in [5.41, 5.74) is 3.15. The van der Waals surface area contributed by atoms with Crippen LogP contribution in [0.5, 0.6) is 5.75 Å². The maximum Gasteiger partial charge on any atom is 0.371 e. The van der Waals surface area contributed by atoms with E-state index in [1.54, 1.807) is 18.2 Å². The number of aliphatic carboxylic acids is 1. The van der Waals surface area contributed by atoms with Gasteiger partial charge in [-0.2, -0.15) is 0 Å². The van der Waals surface area contributed by atoms with E-state index in [-0.39, 0.29) is 23.8 Å². The van der Waals surface area contributed by atoms with Gasteiger partial charge in [0.05, 0.1) is 10.6 Å².